The Morgan fingerprint density at radius 2 is 2.38 bits per heavy atom. The first-order valence-electron chi connectivity index (χ1n) is 7.13. The summed E-state index contributed by atoms with van der Waals surface area (Å²) in [5.74, 6) is 5.94. The lowest BCUT2D eigenvalue weighted by atomic mass is 9.94. The number of amides is 1. The molecular weight excluding hydrogens is 284 g/mol. The predicted molar refractivity (Wildman–Crippen MR) is 85.5 cm³/mol. The standard InChI is InChI=1S/C16H22N2O2S/c1-12-10-14(21-13(12)6-4-8-17)15(19)18-9-5-7-16(2,11-18)20-3/h10H,5,7-9,11,17H2,1-3H3. The normalized spacial score (nSPS) is 21.8. The molecule has 1 aromatic heterocycles. The fraction of sp³-hybridized carbons (Fsp3) is 0.562. The van der Waals surface area contributed by atoms with Crippen molar-refractivity contribution in [2.45, 2.75) is 32.3 Å². The van der Waals surface area contributed by atoms with Crippen molar-refractivity contribution >= 4 is 17.2 Å². The molecule has 1 fully saturated rings. The number of hydrogen-bond acceptors (Lipinski definition) is 4. The van der Waals surface area contributed by atoms with Gasteiger partial charge < -0.3 is 15.4 Å². The highest BCUT2D eigenvalue weighted by Crippen LogP contribution is 2.28. The highest BCUT2D eigenvalue weighted by Gasteiger charge is 2.33. The van der Waals surface area contributed by atoms with Gasteiger partial charge in [-0.25, -0.2) is 0 Å². The average Bonchev–Trinajstić information content (AvgIpc) is 2.85. The van der Waals surface area contributed by atoms with Crippen LogP contribution in [-0.2, 0) is 4.74 Å². The summed E-state index contributed by atoms with van der Waals surface area (Å²) in [5, 5.41) is 0. The van der Waals surface area contributed by atoms with Crippen LogP contribution in [0.2, 0.25) is 0 Å². The van der Waals surface area contributed by atoms with Gasteiger partial charge in [-0.1, -0.05) is 11.8 Å². The van der Waals surface area contributed by atoms with Crippen LogP contribution in [0.15, 0.2) is 6.07 Å². The lowest BCUT2D eigenvalue weighted by Gasteiger charge is -2.39. The number of aryl methyl sites for hydroxylation is 1. The van der Waals surface area contributed by atoms with Crippen molar-refractivity contribution in [3.8, 4) is 11.8 Å². The lowest BCUT2D eigenvalue weighted by Crippen LogP contribution is -2.49. The largest absolute Gasteiger partial charge is 0.377 e. The quantitative estimate of drug-likeness (QED) is 0.850. The van der Waals surface area contributed by atoms with Crippen molar-refractivity contribution < 1.29 is 9.53 Å². The molecule has 0 aromatic carbocycles. The molecule has 0 spiro atoms. The van der Waals surface area contributed by atoms with Crippen molar-refractivity contribution in [2.24, 2.45) is 5.73 Å². The molecule has 0 radical (unpaired) electrons. The van der Waals surface area contributed by atoms with Crippen molar-refractivity contribution in [1.82, 2.24) is 4.90 Å². The van der Waals surface area contributed by atoms with Gasteiger partial charge in [-0.2, -0.15) is 0 Å². The zero-order chi connectivity index (χ0) is 15.5. The van der Waals surface area contributed by atoms with E-state index in [0.29, 0.717) is 13.1 Å². The Morgan fingerprint density at radius 1 is 1.62 bits per heavy atom. The van der Waals surface area contributed by atoms with Crippen molar-refractivity contribution in [3.63, 3.8) is 0 Å². The van der Waals surface area contributed by atoms with Crippen LogP contribution in [0.5, 0.6) is 0 Å². The highest BCUT2D eigenvalue weighted by atomic mass is 32.1. The summed E-state index contributed by atoms with van der Waals surface area (Å²) in [5.41, 5.74) is 6.20. The third-order valence-electron chi connectivity index (χ3n) is 3.87. The first kappa shape index (κ1) is 16.0. The minimum Gasteiger partial charge on any atom is -0.377 e. The molecule has 2 heterocycles. The van der Waals surface area contributed by atoms with Gasteiger partial charge in [-0.05, 0) is 38.3 Å². The average molecular weight is 306 g/mol. The Bertz CT molecular complexity index is 585. The van der Waals surface area contributed by atoms with Gasteiger partial charge in [0.25, 0.3) is 5.91 Å². The van der Waals surface area contributed by atoms with E-state index in [9.17, 15) is 4.79 Å². The summed E-state index contributed by atoms with van der Waals surface area (Å²) in [6, 6.07) is 1.92. The Balaban J connectivity index is 2.16. The zero-order valence-corrected chi connectivity index (χ0v) is 13.7. The number of carbonyl (C=O) groups excluding carboxylic acids is 1. The van der Waals surface area contributed by atoms with Crippen LogP contribution in [0.1, 0.15) is 39.9 Å². The zero-order valence-electron chi connectivity index (χ0n) is 12.9. The van der Waals surface area contributed by atoms with Gasteiger partial charge in [-0.15, -0.1) is 11.3 Å². The van der Waals surface area contributed by atoms with E-state index < -0.39 is 0 Å². The van der Waals surface area contributed by atoms with Gasteiger partial charge >= 0.3 is 0 Å². The van der Waals surface area contributed by atoms with E-state index in [2.05, 4.69) is 18.8 Å². The van der Waals surface area contributed by atoms with Gasteiger partial charge in [0.2, 0.25) is 0 Å². The number of methoxy groups -OCH3 is 1. The van der Waals surface area contributed by atoms with E-state index in [4.69, 9.17) is 10.5 Å². The molecule has 1 aromatic rings. The van der Waals surface area contributed by atoms with Crippen LogP contribution in [0.4, 0.5) is 0 Å². The number of nitrogens with zero attached hydrogens (tertiary/aromatic N) is 1. The molecule has 0 aliphatic carbocycles. The van der Waals surface area contributed by atoms with E-state index in [-0.39, 0.29) is 11.5 Å². The smallest absolute Gasteiger partial charge is 0.264 e. The van der Waals surface area contributed by atoms with Crippen LogP contribution in [0.3, 0.4) is 0 Å². The number of rotatable bonds is 2. The van der Waals surface area contributed by atoms with E-state index in [1.54, 1.807) is 7.11 Å². The topological polar surface area (TPSA) is 55.6 Å². The second-order valence-electron chi connectivity index (χ2n) is 5.61. The number of ether oxygens (including phenoxy) is 1. The molecule has 0 bridgehead atoms. The summed E-state index contributed by atoms with van der Waals surface area (Å²) in [4.78, 5) is 16.2. The number of thiophene rings is 1. The molecule has 1 aliphatic heterocycles. The monoisotopic (exact) mass is 306 g/mol. The van der Waals surface area contributed by atoms with Crippen LogP contribution in [0, 0.1) is 18.8 Å². The number of nitrogens with two attached hydrogens (primary N) is 1. The summed E-state index contributed by atoms with van der Waals surface area (Å²) in [7, 11) is 1.71. The first-order chi connectivity index (χ1) is 9.99. The van der Waals surface area contributed by atoms with E-state index >= 15 is 0 Å². The molecule has 1 unspecified atom stereocenters. The Hall–Kier alpha value is -1.35. The molecular formula is C16H22N2O2S. The van der Waals surface area contributed by atoms with E-state index in [1.807, 2.05) is 17.9 Å². The fourth-order valence-electron chi connectivity index (χ4n) is 2.54. The number of piperidine rings is 1. The number of carbonyl (C=O) groups is 1. The highest BCUT2D eigenvalue weighted by molar-refractivity contribution is 7.14. The van der Waals surface area contributed by atoms with Crippen LogP contribution in [-0.4, -0.2) is 43.2 Å². The van der Waals surface area contributed by atoms with E-state index in [0.717, 1.165) is 34.7 Å². The van der Waals surface area contributed by atoms with Gasteiger partial charge in [0.15, 0.2) is 0 Å². The Kier molecular flexibility index (Phi) is 5.04. The molecule has 4 nitrogen and oxygen atoms in total. The third kappa shape index (κ3) is 3.65. The van der Waals surface area contributed by atoms with Gasteiger partial charge in [0.05, 0.1) is 21.9 Å². The van der Waals surface area contributed by atoms with Crippen molar-refractivity contribution in [3.05, 3.63) is 21.4 Å². The minimum atomic E-state index is -0.234. The van der Waals surface area contributed by atoms with E-state index in [1.165, 1.54) is 11.3 Å². The van der Waals surface area contributed by atoms with Gasteiger partial charge in [0.1, 0.15) is 0 Å². The minimum absolute atomic E-state index is 0.0758. The van der Waals surface area contributed by atoms with Crippen LogP contribution in [0.25, 0.3) is 0 Å². The molecule has 114 valence electrons. The molecule has 1 amide bonds. The summed E-state index contributed by atoms with van der Waals surface area (Å²) in [6.45, 7) is 5.80. The van der Waals surface area contributed by atoms with Gasteiger partial charge in [-0.3, -0.25) is 4.79 Å². The maximum absolute atomic E-state index is 12.7. The van der Waals surface area contributed by atoms with Crippen molar-refractivity contribution in [1.29, 1.82) is 0 Å². The predicted octanol–water partition coefficient (Wildman–Crippen LogP) is 2.01. The summed E-state index contributed by atoms with van der Waals surface area (Å²) >= 11 is 1.45. The van der Waals surface area contributed by atoms with Crippen molar-refractivity contribution in [2.75, 3.05) is 26.7 Å². The molecule has 2 rings (SSSR count). The molecule has 5 heteroatoms. The molecule has 1 atom stereocenters. The molecule has 1 saturated heterocycles. The second kappa shape index (κ2) is 6.61. The summed E-state index contributed by atoms with van der Waals surface area (Å²) < 4.78 is 5.55. The van der Waals surface area contributed by atoms with Crippen LogP contribution >= 0.6 is 11.3 Å². The third-order valence-corrected chi connectivity index (χ3v) is 5.01. The second-order valence-corrected chi connectivity index (χ2v) is 6.67. The SMILES string of the molecule is COC1(C)CCCN(C(=O)c2cc(C)c(C#CCN)s2)C1. The maximum Gasteiger partial charge on any atom is 0.264 e. The lowest BCUT2D eigenvalue weighted by molar-refractivity contribution is -0.0439. The summed E-state index contributed by atoms with van der Waals surface area (Å²) in [6.07, 6.45) is 1.96. The fourth-order valence-corrected chi connectivity index (χ4v) is 3.56. The maximum atomic E-state index is 12.7. The molecule has 2 N–H and O–H groups in total. The Morgan fingerprint density at radius 3 is 3.05 bits per heavy atom. The number of hydrogen-bond donors (Lipinski definition) is 1. The molecule has 0 saturated carbocycles. The molecule has 21 heavy (non-hydrogen) atoms. The molecule has 1 aliphatic rings. The first-order valence-corrected chi connectivity index (χ1v) is 7.94. The van der Waals surface area contributed by atoms with Crippen LogP contribution < -0.4 is 5.73 Å². The number of likely N-dealkylation sites (tertiary alicyclic amines) is 1. The Labute approximate surface area is 130 Å². The van der Waals surface area contributed by atoms with Gasteiger partial charge in [0, 0.05) is 20.2 Å².